The molecule has 0 saturated heterocycles. The van der Waals surface area contributed by atoms with E-state index in [4.69, 9.17) is 21.6 Å². The fraction of sp³-hybridized carbons (Fsp3) is 0.393. The Bertz CT molecular complexity index is 1410. The summed E-state index contributed by atoms with van der Waals surface area (Å²) in [7, 11) is 3.94. The second-order valence-electron chi connectivity index (χ2n) is 10.2. The van der Waals surface area contributed by atoms with Crippen molar-refractivity contribution in [3.05, 3.63) is 71.0 Å². The van der Waals surface area contributed by atoms with Gasteiger partial charge in [-0.2, -0.15) is 23.3 Å². The van der Waals surface area contributed by atoms with Crippen LogP contribution in [-0.4, -0.2) is 46.4 Å². The minimum atomic E-state index is -4.53. The van der Waals surface area contributed by atoms with E-state index >= 15 is 0 Å². The van der Waals surface area contributed by atoms with Gasteiger partial charge in [0.1, 0.15) is 5.82 Å². The van der Waals surface area contributed by atoms with E-state index in [0.717, 1.165) is 47.1 Å². The van der Waals surface area contributed by atoms with Crippen molar-refractivity contribution >= 4 is 34.3 Å². The second-order valence-corrected chi connectivity index (χ2v) is 10.6. The number of nitrogens with one attached hydrogen (secondary N) is 2. The Balaban J connectivity index is 1.17. The van der Waals surface area contributed by atoms with Crippen molar-refractivity contribution in [2.75, 3.05) is 30.9 Å². The Morgan fingerprint density at radius 3 is 2.41 bits per heavy atom. The van der Waals surface area contributed by atoms with Crippen LogP contribution in [0.5, 0.6) is 0 Å². The van der Waals surface area contributed by atoms with E-state index in [9.17, 15) is 13.2 Å². The molecular formula is C28H31ClF3N7. The highest BCUT2D eigenvalue weighted by Gasteiger charge is 2.38. The van der Waals surface area contributed by atoms with Gasteiger partial charge in [-0.1, -0.05) is 23.7 Å². The third-order valence-corrected chi connectivity index (χ3v) is 7.37. The smallest absolute Gasteiger partial charge is 0.362 e. The van der Waals surface area contributed by atoms with Gasteiger partial charge < -0.3 is 15.5 Å². The summed E-state index contributed by atoms with van der Waals surface area (Å²) in [4.78, 5) is 11.4. The first-order chi connectivity index (χ1) is 18.7. The van der Waals surface area contributed by atoms with Gasteiger partial charge in [-0.15, -0.1) is 0 Å². The third-order valence-electron chi connectivity index (χ3n) is 7.12. The van der Waals surface area contributed by atoms with Gasteiger partial charge in [0.25, 0.3) is 0 Å². The molecule has 1 aliphatic rings. The number of halogens is 4. The molecular weight excluding hydrogens is 527 g/mol. The summed E-state index contributed by atoms with van der Waals surface area (Å²) < 4.78 is 42.7. The van der Waals surface area contributed by atoms with Crippen LogP contribution in [0, 0.1) is 5.92 Å². The standard InChI is InChI=1S/C28H31ClF3N7/c1-38(2)26-23-5-3-4-6-24(23)36-27(37-26)35-21-11-7-18(8-12-21)15-33-16-19-17-34-39(25(19)28(30,31)32)22-13-9-20(29)10-14-22/h3-6,9-10,13-14,17-18,21,33H,7-8,11-12,15-16H2,1-2H3,(H,35,36,37)/t18-,21+. The number of nitrogens with zero attached hydrogens (tertiary/aromatic N) is 5. The molecule has 0 radical (unpaired) electrons. The molecule has 4 aromatic rings. The highest BCUT2D eigenvalue weighted by molar-refractivity contribution is 6.30. The highest BCUT2D eigenvalue weighted by atomic mass is 35.5. The van der Waals surface area contributed by atoms with Crippen LogP contribution in [0.4, 0.5) is 24.9 Å². The number of rotatable bonds is 8. The number of fused-ring (bicyclic) bond motifs is 1. The van der Waals surface area contributed by atoms with Gasteiger partial charge in [0.15, 0.2) is 5.69 Å². The molecule has 1 aliphatic carbocycles. The molecule has 0 aliphatic heterocycles. The van der Waals surface area contributed by atoms with Gasteiger partial charge >= 0.3 is 6.18 Å². The lowest BCUT2D eigenvalue weighted by molar-refractivity contribution is -0.143. The number of alkyl halides is 3. The van der Waals surface area contributed by atoms with Crippen LogP contribution < -0.4 is 15.5 Å². The lowest BCUT2D eigenvalue weighted by Crippen LogP contribution is -2.32. The van der Waals surface area contributed by atoms with Gasteiger partial charge in [0.05, 0.1) is 17.4 Å². The van der Waals surface area contributed by atoms with E-state index in [1.807, 2.05) is 43.3 Å². The maximum Gasteiger partial charge on any atom is 0.433 e. The summed E-state index contributed by atoms with van der Waals surface area (Å²) in [6, 6.07) is 14.4. The van der Waals surface area contributed by atoms with Crippen LogP contribution in [0.25, 0.3) is 16.6 Å². The van der Waals surface area contributed by atoms with Crippen LogP contribution in [-0.2, 0) is 12.7 Å². The van der Waals surface area contributed by atoms with Gasteiger partial charge in [-0.3, -0.25) is 0 Å². The van der Waals surface area contributed by atoms with Crippen LogP contribution in [0.2, 0.25) is 5.02 Å². The summed E-state index contributed by atoms with van der Waals surface area (Å²) in [5.74, 6) is 1.88. The lowest BCUT2D eigenvalue weighted by Gasteiger charge is -2.29. The van der Waals surface area contributed by atoms with Crippen molar-refractivity contribution in [3.63, 3.8) is 0 Å². The average Bonchev–Trinajstić information content (AvgIpc) is 3.34. The Hall–Kier alpha value is -3.37. The number of hydrogen-bond acceptors (Lipinski definition) is 6. The molecule has 2 aromatic carbocycles. The molecule has 1 saturated carbocycles. The van der Waals surface area contributed by atoms with Crippen LogP contribution in [0.15, 0.2) is 54.7 Å². The monoisotopic (exact) mass is 557 g/mol. The maximum absolute atomic E-state index is 13.9. The first kappa shape index (κ1) is 27.2. The molecule has 7 nitrogen and oxygen atoms in total. The number of anilines is 2. The lowest BCUT2D eigenvalue weighted by atomic mass is 9.86. The molecule has 11 heteroatoms. The van der Waals surface area contributed by atoms with Gasteiger partial charge in [-0.25, -0.2) is 9.67 Å². The van der Waals surface area contributed by atoms with Crippen LogP contribution in [0.3, 0.4) is 0 Å². The van der Waals surface area contributed by atoms with Crippen molar-refractivity contribution < 1.29 is 13.2 Å². The molecule has 0 unspecified atom stereocenters. The van der Waals surface area contributed by atoms with Crippen molar-refractivity contribution in [2.45, 2.75) is 44.4 Å². The number of aromatic nitrogens is 4. The Labute approximate surface area is 230 Å². The normalized spacial score (nSPS) is 17.9. The van der Waals surface area contributed by atoms with E-state index in [-0.39, 0.29) is 18.2 Å². The molecule has 2 aromatic heterocycles. The molecule has 0 atom stereocenters. The topological polar surface area (TPSA) is 70.9 Å². The summed E-state index contributed by atoms with van der Waals surface area (Å²) in [5, 5.41) is 12.2. The highest BCUT2D eigenvalue weighted by Crippen LogP contribution is 2.34. The molecule has 206 valence electrons. The zero-order valence-electron chi connectivity index (χ0n) is 21.8. The molecule has 5 rings (SSSR count). The number of hydrogen-bond donors (Lipinski definition) is 2. The number of para-hydroxylation sites is 1. The SMILES string of the molecule is CN(C)c1nc(N[C@H]2CC[C@@H](CNCc3cnn(-c4ccc(Cl)cc4)c3C(F)(F)F)CC2)nc2ccccc12. The van der Waals surface area contributed by atoms with Crippen molar-refractivity contribution in [3.8, 4) is 5.69 Å². The van der Waals surface area contributed by atoms with E-state index in [0.29, 0.717) is 29.1 Å². The van der Waals surface area contributed by atoms with E-state index in [1.54, 1.807) is 12.1 Å². The molecule has 2 N–H and O–H groups in total. The quantitative estimate of drug-likeness (QED) is 0.264. The van der Waals surface area contributed by atoms with Crippen molar-refractivity contribution in [1.29, 1.82) is 0 Å². The molecule has 2 heterocycles. The maximum atomic E-state index is 13.9. The fourth-order valence-electron chi connectivity index (χ4n) is 5.16. The van der Waals surface area contributed by atoms with Crippen LogP contribution >= 0.6 is 11.6 Å². The minimum Gasteiger partial charge on any atom is -0.362 e. The molecule has 0 spiro atoms. The van der Waals surface area contributed by atoms with Crippen molar-refractivity contribution in [1.82, 2.24) is 25.1 Å². The van der Waals surface area contributed by atoms with Gasteiger partial charge in [0, 0.05) is 42.7 Å². The fourth-order valence-corrected chi connectivity index (χ4v) is 5.29. The first-order valence-corrected chi connectivity index (χ1v) is 13.4. The van der Waals surface area contributed by atoms with E-state index in [1.165, 1.54) is 18.3 Å². The second kappa shape index (κ2) is 11.4. The predicted molar refractivity (Wildman–Crippen MR) is 149 cm³/mol. The molecule has 1 fully saturated rings. The van der Waals surface area contributed by atoms with Gasteiger partial charge in [-0.05, 0) is 74.5 Å². The third kappa shape index (κ3) is 6.28. The largest absolute Gasteiger partial charge is 0.433 e. The zero-order valence-corrected chi connectivity index (χ0v) is 22.6. The Morgan fingerprint density at radius 2 is 1.72 bits per heavy atom. The molecule has 0 amide bonds. The van der Waals surface area contributed by atoms with Gasteiger partial charge in [0.2, 0.25) is 5.95 Å². The van der Waals surface area contributed by atoms with Crippen molar-refractivity contribution in [2.24, 2.45) is 5.92 Å². The molecule has 39 heavy (non-hydrogen) atoms. The van der Waals surface area contributed by atoms with Crippen LogP contribution in [0.1, 0.15) is 36.9 Å². The predicted octanol–water partition coefficient (Wildman–Crippen LogP) is 6.31. The molecule has 0 bridgehead atoms. The van der Waals surface area contributed by atoms with E-state index < -0.39 is 11.9 Å². The summed E-state index contributed by atoms with van der Waals surface area (Å²) in [5.41, 5.74) is 0.571. The summed E-state index contributed by atoms with van der Waals surface area (Å²) in [6.07, 6.45) is 0.582. The zero-order chi connectivity index (χ0) is 27.6. The van der Waals surface area contributed by atoms with E-state index in [2.05, 4.69) is 15.7 Å². The average molecular weight is 558 g/mol. The minimum absolute atomic E-state index is 0.0961. The first-order valence-electron chi connectivity index (χ1n) is 13.0. The number of benzene rings is 2. The summed E-state index contributed by atoms with van der Waals surface area (Å²) >= 11 is 5.89. The Morgan fingerprint density at radius 1 is 1.00 bits per heavy atom. The summed E-state index contributed by atoms with van der Waals surface area (Å²) in [6.45, 7) is 0.742. The Kier molecular flexibility index (Phi) is 7.95.